The number of hydrogen-bond acceptors (Lipinski definition) is 4. The van der Waals surface area contributed by atoms with E-state index in [0.29, 0.717) is 17.5 Å². The first-order chi connectivity index (χ1) is 16.3. The molecule has 3 aliphatic rings. The molecular weight excluding hydrogens is 433 g/mol. The average molecular weight is 464 g/mol. The van der Waals surface area contributed by atoms with Gasteiger partial charge in [0.25, 0.3) is 5.91 Å². The largest absolute Gasteiger partial charge is 0.322 e. The molecule has 2 aromatic rings. The monoisotopic (exact) mass is 463 g/mol. The number of carbonyl (C=O) groups excluding carboxylic acids is 3. The van der Waals surface area contributed by atoms with E-state index in [9.17, 15) is 14.4 Å². The molecule has 2 fully saturated rings. The lowest BCUT2D eigenvalue weighted by Gasteiger charge is -2.33. The zero-order chi connectivity index (χ0) is 24.0. The van der Waals surface area contributed by atoms with Crippen LogP contribution in [0.3, 0.4) is 0 Å². The molecule has 1 N–H and O–H groups in total. The van der Waals surface area contributed by atoms with Crippen molar-refractivity contribution in [1.29, 1.82) is 0 Å². The van der Waals surface area contributed by atoms with Crippen LogP contribution in [0.5, 0.6) is 0 Å². The molecule has 3 aliphatic heterocycles. The number of benzene rings is 2. The number of hydrogen-bond donors (Lipinski definition) is 1. The van der Waals surface area contributed by atoms with Crippen molar-refractivity contribution in [1.82, 2.24) is 15.1 Å². The van der Waals surface area contributed by atoms with Gasteiger partial charge in [0.1, 0.15) is 11.9 Å². The SMILES string of the molecule is Cc1ccc(C)c(CN2CCC(c3cc4c(cc3F)C(=O)N(C3CCC(=O)NC3=O)C4)CC2)c1. The number of carbonyl (C=O) groups is 3. The summed E-state index contributed by atoms with van der Waals surface area (Å²) in [5.41, 5.74) is 5.67. The molecule has 0 aliphatic carbocycles. The van der Waals surface area contributed by atoms with E-state index < -0.39 is 11.9 Å². The summed E-state index contributed by atoms with van der Waals surface area (Å²) in [6.45, 7) is 7.23. The van der Waals surface area contributed by atoms with Gasteiger partial charge < -0.3 is 4.90 Å². The quantitative estimate of drug-likeness (QED) is 0.704. The maximum atomic E-state index is 15.1. The Hall–Kier alpha value is -3.06. The van der Waals surface area contributed by atoms with Crippen molar-refractivity contribution in [3.8, 4) is 0 Å². The highest BCUT2D eigenvalue weighted by molar-refractivity contribution is 6.05. The summed E-state index contributed by atoms with van der Waals surface area (Å²) in [6, 6.07) is 9.04. The lowest BCUT2D eigenvalue weighted by molar-refractivity contribution is -0.136. The zero-order valence-corrected chi connectivity index (χ0v) is 19.7. The van der Waals surface area contributed by atoms with Crippen LogP contribution < -0.4 is 5.32 Å². The predicted molar refractivity (Wildman–Crippen MR) is 126 cm³/mol. The first-order valence-electron chi connectivity index (χ1n) is 12.1. The van der Waals surface area contributed by atoms with Crippen molar-refractivity contribution in [2.45, 2.75) is 64.6 Å². The first-order valence-corrected chi connectivity index (χ1v) is 12.1. The lowest BCUT2D eigenvalue weighted by atomic mass is 9.87. The van der Waals surface area contributed by atoms with E-state index >= 15 is 4.39 Å². The smallest absolute Gasteiger partial charge is 0.255 e. The second-order valence-corrected chi connectivity index (χ2v) is 9.91. The molecule has 0 spiro atoms. The van der Waals surface area contributed by atoms with Crippen LogP contribution in [0.2, 0.25) is 0 Å². The van der Waals surface area contributed by atoms with Crippen molar-refractivity contribution in [3.63, 3.8) is 0 Å². The second kappa shape index (κ2) is 8.95. The Kier molecular flexibility index (Phi) is 5.98. The molecule has 2 aromatic carbocycles. The van der Waals surface area contributed by atoms with Gasteiger partial charge in [-0.05, 0) is 80.4 Å². The van der Waals surface area contributed by atoms with E-state index in [0.717, 1.165) is 38.0 Å². The molecule has 1 unspecified atom stereocenters. The number of likely N-dealkylation sites (tertiary alicyclic amines) is 1. The Labute approximate surface area is 199 Å². The highest BCUT2D eigenvalue weighted by atomic mass is 19.1. The van der Waals surface area contributed by atoms with Crippen molar-refractivity contribution < 1.29 is 18.8 Å². The fourth-order valence-electron chi connectivity index (χ4n) is 5.53. The predicted octanol–water partition coefficient (Wildman–Crippen LogP) is 3.58. The molecule has 5 rings (SSSR count). The summed E-state index contributed by atoms with van der Waals surface area (Å²) < 4.78 is 15.1. The van der Waals surface area contributed by atoms with E-state index in [1.807, 2.05) is 6.07 Å². The molecular formula is C27H30FN3O3. The Morgan fingerprint density at radius 1 is 1.03 bits per heavy atom. The number of halogens is 1. The number of nitrogens with one attached hydrogen (secondary N) is 1. The highest BCUT2D eigenvalue weighted by Crippen LogP contribution is 2.35. The van der Waals surface area contributed by atoms with Gasteiger partial charge >= 0.3 is 0 Å². The molecule has 0 saturated carbocycles. The number of nitrogens with zero attached hydrogens (tertiary/aromatic N) is 2. The van der Waals surface area contributed by atoms with Gasteiger partial charge in [-0.2, -0.15) is 0 Å². The van der Waals surface area contributed by atoms with Gasteiger partial charge in [-0.1, -0.05) is 29.8 Å². The maximum absolute atomic E-state index is 15.1. The van der Waals surface area contributed by atoms with Gasteiger partial charge in [0, 0.05) is 25.1 Å². The minimum Gasteiger partial charge on any atom is -0.322 e. The van der Waals surface area contributed by atoms with Crippen LogP contribution in [0.4, 0.5) is 4.39 Å². The van der Waals surface area contributed by atoms with Crippen LogP contribution in [0, 0.1) is 19.7 Å². The van der Waals surface area contributed by atoms with Gasteiger partial charge in [-0.15, -0.1) is 0 Å². The standard InChI is InChI=1S/C27H30FN3O3/c1-16-3-4-17(2)19(11-16)14-30-9-7-18(8-10-30)21-12-20-15-31(27(34)22(20)13-23(21)28)24-5-6-25(32)29-26(24)33/h3-4,11-13,18,24H,5-10,14-15H2,1-2H3,(H,29,32,33). The zero-order valence-electron chi connectivity index (χ0n) is 19.7. The summed E-state index contributed by atoms with van der Waals surface area (Å²) in [5.74, 6) is -1.33. The fraction of sp³-hybridized carbons (Fsp3) is 0.444. The van der Waals surface area contributed by atoms with Gasteiger partial charge in [-0.3, -0.25) is 24.6 Å². The Morgan fingerprint density at radius 2 is 1.79 bits per heavy atom. The summed E-state index contributed by atoms with van der Waals surface area (Å²) in [6.07, 6.45) is 2.24. The van der Waals surface area contributed by atoms with Crippen LogP contribution in [0.15, 0.2) is 30.3 Å². The Morgan fingerprint density at radius 3 is 2.53 bits per heavy atom. The van der Waals surface area contributed by atoms with Gasteiger partial charge in [-0.25, -0.2) is 4.39 Å². The minimum atomic E-state index is -0.683. The van der Waals surface area contributed by atoms with Gasteiger partial charge in [0.05, 0.1) is 0 Å². The summed E-state index contributed by atoms with van der Waals surface area (Å²) >= 11 is 0. The van der Waals surface area contributed by atoms with Crippen molar-refractivity contribution in [2.75, 3.05) is 13.1 Å². The third kappa shape index (κ3) is 4.25. The van der Waals surface area contributed by atoms with Crippen molar-refractivity contribution in [2.24, 2.45) is 0 Å². The van der Waals surface area contributed by atoms with Crippen LogP contribution in [-0.4, -0.2) is 46.7 Å². The summed E-state index contributed by atoms with van der Waals surface area (Å²) in [4.78, 5) is 40.6. The lowest BCUT2D eigenvalue weighted by Crippen LogP contribution is -2.52. The van der Waals surface area contributed by atoms with E-state index in [1.165, 1.54) is 27.7 Å². The molecule has 6 nitrogen and oxygen atoms in total. The number of piperidine rings is 2. The molecule has 178 valence electrons. The van der Waals surface area contributed by atoms with Crippen LogP contribution in [-0.2, 0) is 22.7 Å². The second-order valence-electron chi connectivity index (χ2n) is 9.91. The first kappa shape index (κ1) is 22.7. The third-order valence-corrected chi connectivity index (χ3v) is 7.57. The Bertz CT molecular complexity index is 1170. The van der Waals surface area contributed by atoms with E-state index in [2.05, 4.69) is 42.3 Å². The summed E-state index contributed by atoms with van der Waals surface area (Å²) in [7, 11) is 0. The van der Waals surface area contributed by atoms with Crippen LogP contribution in [0.25, 0.3) is 0 Å². The fourth-order valence-corrected chi connectivity index (χ4v) is 5.53. The molecule has 3 heterocycles. The normalized spacial score (nSPS) is 21.7. The molecule has 1 atom stereocenters. The van der Waals surface area contributed by atoms with E-state index in [-0.39, 0.29) is 36.5 Å². The Balaban J connectivity index is 1.27. The van der Waals surface area contributed by atoms with Crippen molar-refractivity contribution >= 4 is 17.7 Å². The van der Waals surface area contributed by atoms with E-state index in [4.69, 9.17) is 0 Å². The highest BCUT2D eigenvalue weighted by Gasteiger charge is 2.40. The van der Waals surface area contributed by atoms with Crippen molar-refractivity contribution in [3.05, 3.63) is 69.5 Å². The van der Waals surface area contributed by atoms with Crippen LogP contribution >= 0.6 is 0 Å². The molecule has 0 aromatic heterocycles. The number of aryl methyl sites for hydroxylation is 2. The third-order valence-electron chi connectivity index (χ3n) is 7.57. The molecule has 2 saturated heterocycles. The number of fused-ring (bicyclic) bond motifs is 1. The number of amides is 3. The molecule has 7 heteroatoms. The summed E-state index contributed by atoms with van der Waals surface area (Å²) in [5, 5.41) is 2.31. The van der Waals surface area contributed by atoms with E-state index in [1.54, 1.807) is 0 Å². The number of imide groups is 1. The number of rotatable bonds is 4. The van der Waals surface area contributed by atoms with Gasteiger partial charge in [0.2, 0.25) is 11.8 Å². The van der Waals surface area contributed by atoms with Gasteiger partial charge in [0.15, 0.2) is 0 Å². The minimum absolute atomic E-state index is 0.111. The molecule has 3 amide bonds. The molecule has 0 bridgehead atoms. The maximum Gasteiger partial charge on any atom is 0.255 e. The molecule has 34 heavy (non-hydrogen) atoms. The average Bonchev–Trinajstić information content (AvgIpc) is 3.11. The molecule has 0 radical (unpaired) electrons. The topological polar surface area (TPSA) is 69.7 Å². The van der Waals surface area contributed by atoms with Crippen LogP contribution in [0.1, 0.15) is 69.8 Å².